The minimum Gasteiger partial charge on any atom is -0.456 e. The largest absolute Gasteiger partial charge is 0.456 e. The molecular weight excluding hydrogens is 851 g/mol. The number of hydrogen-bond donors (Lipinski definition) is 0. The summed E-state index contributed by atoms with van der Waals surface area (Å²) in [6.07, 6.45) is 0. The molecule has 14 aromatic rings. The van der Waals surface area contributed by atoms with Crippen LogP contribution in [0.3, 0.4) is 0 Å². The molecule has 0 fully saturated rings. The third-order valence-corrected chi connectivity index (χ3v) is 15.1. The van der Waals surface area contributed by atoms with Crippen molar-refractivity contribution in [3.8, 4) is 22.3 Å². The molecule has 0 unspecified atom stereocenters. The zero-order valence-corrected chi connectivity index (χ0v) is 37.9. The first-order chi connectivity index (χ1) is 34.7. The zero-order valence-electron chi connectivity index (χ0n) is 37.9. The fourth-order valence-electron chi connectivity index (χ4n) is 12.2. The zero-order chi connectivity index (χ0) is 45.9. The van der Waals surface area contributed by atoms with Gasteiger partial charge < -0.3 is 13.7 Å². The van der Waals surface area contributed by atoms with Crippen molar-refractivity contribution in [3.63, 3.8) is 0 Å². The van der Waals surface area contributed by atoms with E-state index in [0.717, 1.165) is 72.1 Å². The Morgan fingerprint density at radius 1 is 0.300 bits per heavy atom. The molecule has 15 rings (SSSR count). The van der Waals surface area contributed by atoms with Crippen molar-refractivity contribution in [1.29, 1.82) is 0 Å². The van der Waals surface area contributed by atoms with E-state index >= 15 is 0 Å². The maximum absolute atomic E-state index is 7.35. The molecule has 3 nitrogen and oxygen atoms in total. The average molecular weight is 892 g/mol. The van der Waals surface area contributed by atoms with Crippen LogP contribution in [0.4, 0.5) is 17.1 Å². The summed E-state index contributed by atoms with van der Waals surface area (Å²) < 4.78 is 13.9. The predicted molar refractivity (Wildman–Crippen MR) is 291 cm³/mol. The van der Waals surface area contributed by atoms with E-state index in [4.69, 9.17) is 8.83 Å². The van der Waals surface area contributed by atoms with Crippen LogP contribution in [0.2, 0.25) is 0 Å². The van der Waals surface area contributed by atoms with Gasteiger partial charge in [-0.1, -0.05) is 194 Å². The Kier molecular flexibility index (Phi) is 8.28. The Hall–Kier alpha value is -9.18. The van der Waals surface area contributed by atoms with Gasteiger partial charge in [0.1, 0.15) is 16.7 Å². The Morgan fingerprint density at radius 2 is 0.843 bits per heavy atom. The summed E-state index contributed by atoms with van der Waals surface area (Å²) in [6, 6.07) is 90.5. The second-order valence-corrected chi connectivity index (χ2v) is 18.6. The minimum absolute atomic E-state index is 0.565. The minimum atomic E-state index is -0.565. The molecule has 1 aliphatic rings. The van der Waals surface area contributed by atoms with Crippen molar-refractivity contribution in [1.82, 2.24) is 0 Å². The molecule has 0 N–H and O–H groups in total. The topological polar surface area (TPSA) is 29.5 Å². The first kappa shape index (κ1) is 38.9. The van der Waals surface area contributed by atoms with Crippen molar-refractivity contribution in [2.24, 2.45) is 0 Å². The molecule has 0 saturated carbocycles. The van der Waals surface area contributed by atoms with Gasteiger partial charge in [-0.2, -0.15) is 0 Å². The molecule has 0 aliphatic heterocycles. The van der Waals surface area contributed by atoms with Crippen LogP contribution in [0.1, 0.15) is 22.3 Å². The van der Waals surface area contributed by atoms with Crippen molar-refractivity contribution in [3.05, 3.63) is 271 Å². The lowest BCUT2D eigenvalue weighted by Crippen LogP contribution is -2.28. The van der Waals surface area contributed by atoms with Gasteiger partial charge in [-0.3, -0.25) is 0 Å². The molecule has 3 heteroatoms. The van der Waals surface area contributed by atoms with Crippen molar-refractivity contribution in [2.45, 2.75) is 5.41 Å². The Bertz CT molecular complexity index is 4340. The van der Waals surface area contributed by atoms with Crippen LogP contribution >= 0.6 is 0 Å². The van der Waals surface area contributed by atoms with Crippen LogP contribution in [0.5, 0.6) is 0 Å². The molecule has 0 saturated heterocycles. The SMILES string of the molecule is c1ccc(N(c2ccc3c(c2)C(c2ccccc2)(c2ccccc2)c2ccccc2-3)c2ccc(-c3ccc4c5ccccc5c5ccccc5c4c3)c3c2oc2ccc4oc5ccccc5c4c23)cc1. The van der Waals surface area contributed by atoms with Gasteiger partial charge in [-0.15, -0.1) is 0 Å². The highest BCUT2D eigenvalue weighted by Crippen LogP contribution is 2.58. The highest BCUT2D eigenvalue weighted by atomic mass is 16.3. The molecule has 0 bridgehead atoms. The Labute approximate surface area is 403 Å². The maximum atomic E-state index is 7.35. The van der Waals surface area contributed by atoms with E-state index in [0.29, 0.717) is 0 Å². The van der Waals surface area contributed by atoms with Crippen molar-refractivity contribution in [2.75, 3.05) is 4.90 Å². The maximum Gasteiger partial charge on any atom is 0.160 e. The van der Waals surface area contributed by atoms with E-state index in [1.165, 1.54) is 65.7 Å². The van der Waals surface area contributed by atoms with Gasteiger partial charge in [0.25, 0.3) is 0 Å². The molecule has 326 valence electrons. The number of rotatable bonds is 6. The van der Waals surface area contributed by atoms with Crippen LogP contribution in [0.15, 0.2) is 258 Å². The van der Waals surface area contributed by atoms with Gasteiger partial charge >= 0.3 is 0 Å². The fraction of sp³-hybridized carbons (Fsp3) is 0.0149. The summed E-state index contributed by atoms with van der Waals surface area (Å²) in [5, 5.41) is 11.7. The highest BCUT2D eigenvalue weighted by molar-refractivity contribution is 6.31. The summed E-state index contributed by atoms with van der Waals surface area (Å²) in [7, 11) is 0. The summed E-state index contributed by atoms with van der Waals surface area (Å²) >= 11 is 0. The lowest BCUT2D eigenvalue weighted by Gasteiger charge is -2.35. The number of benzene rings is 12. The molecule has 0 atom stereocenters. The number of nitrogens with zero attached hydrogens (tertiary/aromatic N) is 1. The first-order valence-electron chi connectivity index (χ1n) is 24.1. The van der Waals surface area contributed by atoms with Gasteiger partial charge in [0.05, 0.1) is 11.1 Å². The monoisotopic (exact) mass is 891 g/mol. The second-order valence-electron chi connectivity index (χ2n) is 18.6. The van der Waals surface area contributed by atoms with E-state index < -0.39 is 5.41 Å². The van der Waals surface area contributed by atoms with E-state index in [1.807, 2.05) is 6.07 Å². The van der Waals surface area contributed by atoms with Crippen LogP contribution in [0.25, 0.3) is 98.4 Å². The Balaban J connectivity index is 1.04. The third kappa shape index (κ3) is 5.40. The third-order valence-electron chi connectivity index (χ3n) is 15.1. The van der Waals surface area contributed by atoms with Gasteiger partial charge in [0, 0.05) is 32.9 Å². The molecular formula is C67H41NO2. The smallest absolute Gasteiger partial charge is 0.160 e. The normalized spacial score (nSPS) is 13.0. The molecule has 1 aliphatic carbocycles. The first-order valence-corrected chi connectivity index (χ1v) is 24.1. The van der Waals surface area contributed by atoms with E-state index in [2.05, 4.69) is 248 Å². The quantitative estimate of drug-likeness (QED) is 0.156. The van der Waals surface area contributed by atoms with E-state index in [1.54, 1.807) is 0 Å². The number of para-hydroxylation sites is 2. The van der Waals surface area contributed by atoms with Crippen LogP contribution in [-0.2, 0) is 5.41 Å². The number of furan rings is 2. The number of fused-ring (bicyclic) bond motifs is 16. The van der Waals surface area contributed by atoms with Crippen LogP contribution in [0, 0.1) is 0 Å². The second kappa shape index (κ2) is 14.9. The summed E-state index contributed by atoms with van der Waals surface area (Å²) in [4.78, 5) is 2.39. The Morgan fingerprint density at radius 3 is 1.54 bits per heavy atom. The molecule has 0 radical (unpaired) electrons. The molecule has 0 spiro atoms. The molecule has 0 amide bonds. The van der Waals surface area contributed by atoms with Gasteiger partial charge in [0.15, 0.2) is 5.58 Å². The average Bonchev–Trinajstić information content (AvgIpc) is 4.11. The molecule has 2 heterocycles. The van der Waals surface area contributed by atoms with Gasteiger partial charge in [-0.05, 0) is 131 Å². The highest BCUT2D eigenvalue weighted by Gasteiger charge is 2.46. The van der Waals surface area contributed by atoms with Gasteiger partial charge in [0.2, 0.25) is 0 Å². The lowest BCUT2D eigenvalue weighted by atomic mass is 9.67. The van der Waals surface area contributed by atoms with E-state index in [-0.39, 0.29) is 0 Å². The lowest BCUT2D eigenvalue weighted by molar-refractivity contribution is 0.663. The van der Waals surface area contributed by atoms with Crippen LogP contribution in [-0.4, -0.2) is 0 Å². The number of anilines is 3. The summed E-state index contributed by atoms with van der Waals surface area (Å²) in [6.45, 7) is 0. The number of hydrogen-bond acceptors (Lipinski definition) is 3. The summed E-state index contributed by atoms with van der Waals surface area (Å²) in [5.41, 5.74) is 15.4. The van der Waals surface area contributed by atoms with Crippen LogP contribution < -0.4 is 4.90 Å². The predicted octanol–water partition coefficient (Wildman–Crippen LogP) is 18.4. The summed E-state index contributed by atoms with van der Waals surface area (Å²) in [5.74, 6) is 0. The fourth-order valence-corrected chi connectivity index (χ4v) is 12.2. The molecule has 2 aromatic heterocycles. The standard InChI is InChI=1S/C67H41NO2/c1-4-18-43(19-5-1)67(44-20-6-2-7-21-44)57-30-16-14-28-53(57)54-35-33-46(41-58(54)67)68(45-22-8-3-9-23-45)59-37-36-47(64-65-62(70-66(59)64)39-38-61-63(65)55-29-15-17-31-60(55)69-61)42-32-34-52-50-26-11-10-24-48(50)49-25-12-13-27-51(49)56(52)40-42/h1-41H. The molecule has 70 heavy (non-hydrogen) atoms. The van der Waals surface area contributed by atoms with Gasteiger partial charge in [-0.25, -0.2) is 0 Å². The molecule has 12 aromatic carbocycles. The van der Waals surface area contributed by atoms with Crippen molar-refractivity contribution < 1.29 is 8.83 Å². The van der Waals surface area contributed by atoms with Crippen molar-refractivity contribution >= 4 is 93.3 Å². The van der Waals surface area contributed by atoms with E-state index in [9.17, 15) is 0 Å².